The summed E-state index contributed by atoms with van der Waals surface area (Å²) in [5.41, 5.74) is 6.20. The molecule has 0 radical (unpaired) electrons. The lowest BCUT2D eigenvalue weighted by atomic mass is 9.96. The Balaban J connectivity index is 1.67. The van der Waals surface area contributed by atoms with E-state index in [1.165, 1.54) is 0 Å². The van der Waals surface area contributed by atoms with Gasteiger partial charge in [-0.3, -0.25) is 14.5 Å². The average molecular weight is 325 g/mol. The molecule has 0 bridgehead atoms. The average Bonchev–Trinajstić information content (AvgIpc) is 2.61. The predicted molar refractivity (Wildman–Crippen MR) is 95.5 cm³/mol. The summed E-state index contributed by atoms with van der Waals surface area (Å²) >= 11 is 0. The molecule has 1 saturated heterocycles. The van der Waals surface area contributed by atoms with Gasteiger partial charge < -0.3 is 11.1 Å². The molecule has 1 aliphatic heterocycles. The Kier molecular flexibility index (Phi) is 4.81. The van der Waals surface area contributed by atoms with E-state index in [-0.39, 0.29) is 23.8 Å². The summed E-state index contributed by atoms with van der Waals surface area (Å²) in [6, 6.07) is 13.6. The van der Waals surface area contributed by atoms with Gasteiger partial charge in [0, 0.05) is 12.2 Å². The number of benzene rings is 2. The number of fused-ring (bicyclic) bond motifs is 1. The van der Waals surface area contributed by atoms with Crippen molar-refractivity contribution < 1.29 is 9.59 Å². The van der Waals surface area contributed by atoms with Crippen LogP contribution in [0.25, 0.3) is 10.8 Å². The number of piperidine rings is 1. The van der Waals surface area contributed by atoms with E-state index < -0.39 is 0 Å². The Labute approximate surface area is 141 Å². The molecule has 5 heteroatoms. The molecule has 2 atom stereocenters. The smallest absolute Gasteiger partial charge is 0.241 e. The molecule has 2 aromatic carbocycles. The van der Waals surface area contributed by atoms with Crippen LogP contribution in [0.1, 0.15) is 19.8 Å². The first kappa shape index (κ1) is 16.5. The minimum absolute atomic E-state index is 0.0598. The summed E-state index contributed by atoms with van der Waals surface area (Å²) in [4.78, 5) is 26.0. The fraction of sp³-hybridized carbons (Fsp3) is 0.368. The maximum absolute atomic E-state index is 12.6. The lowest BCUT2D eigenvalue weighted by Gasteiger charge is -2.34. The fourth-order valence-electron chi connectivity index (χ4n) is 3.27. The SMILES string of the molecule is C[C@H](C(=O)Nc1ccc2ccccc2c1)N1CCC[C@H](C(N)=O)C1. The molecule has 0 aliphatic carbocycles. The van der Waals surface area contributed by atoms with E-state index in [2.05, 4.69) is 5.32 Å². The van der Waals surface area contributed by atoms with E-state index >= 15 is 0 Å². The number of hydrogen-bond donors (Lipinski definition) is 2. The molecule has 1 aliphatic rings. The monoisotopic (exact) mass is 325 g/mol. The van der Waals surface area contributed by atoms with E-state index in [0.29, 0.717) is 6.54 Å². The maximum Gasteiger partial charge on any atom is 0.241 e. The quantitative estimate of drug-likeness (QED) is 0.906. The van der Waals surface area contributed by atoms with Crippen molar-refractivity contribution in [2.24, 2.45) is 11.7 Å². The summed E-state index contributed by atoms with van der Waals surface area (Å²) in [7, 11) is 0. The van der Waals surface area contributed by atoms with Gasteiger partial charge >= 0.3 is 0 Å². The summed E-state index contributed by atoms with van der Waals surface area (Å²) in [6.45, 7) is 3.25. The molecule has 1 fully saturated rings. The third kappa shape index (κ3) is 3.57. The molecular formula is C19H23N3O2. The van der Waals surface area contributed by atoms with Gasteiger partial charge in [-0.2, -0.15) is 0 Å². The number of anilines is 1. The van der Waals surface area contributed by atoms with Gasteiger partial charge in [-0.25, -0.2) is 0 Å². The van der Waals surface area contributed by atoms with Crippen LogP contribution in [0.4, 0.5) is 5.69 Å². The van der Waals surface area contributed by atoms with E-state index in [9.17, 15) is 9.59 Å². The zero-order chi connectivity index (χ0) is 17.1. The van der Waals surface area contributed by atoms with Crippen LogP contribution in [0.15, 0.2) is 42.5 Å². The molecule has 2 aromatic rings. The minimum atomic E-state index is -0.293. The zero-order valence-corrected chi connectivity index (χ0v) is 13.9. The number of nitrogens with two attached hydrogens (primary N) is 1. The van der Waals surface area contributed by atoms with Gasteiger partial charge in [0.15, 0.2) is 0 Å². The van der Waals surface area contributed by atoms with Gasteiger partial charge in [0.1, 0.15) is 0 Å². The lowest BCUT2D eigenvalue weighted by Crippen LogP contribution is -2.49. The van der Waals surface area contributed by atoms with Gasteiger partial charge in [0.2, 0.25) is 11.8 Å². The second-order valence-corrected chi connectivity index (χ2v) is 6.46. The van der Waals surface area contributed by atoms with Gasteiger partial charge in [0.25, 0.3) is 0 Å². The highest BCUT2D eigenvalue weighted by Crippen LogP contribution is 2.21. The highest BCUT2D eigenvalue weighted by molar-refractivity contribution is 5.97. The minimum Gasteiger partial charge on any atom is -0.369 e. The molecule has 0 unspecified atom stereocenters. The van der Waals surface area contributed by atoms with Crippen LogP contribution in [0.3, 0.4) is 0 Å². The summed E-state index contributed by atoms with van der Waals surface area (Å²) in [5.74, 6) is -0.494. The summed E-state index contributed by atoms with van der Waals surface area (Å²) in [6.07, 6.45) is 1.70. The second-order valence-electron chi connectivity index (χ2n) is 6.46. The first-order valence-electron chi connectivity index (χ1n) is 8.37. The van der Waals surface area contributed by atoms with Crippen LogP contribution in [0, 0.1) is 5.92 Å². The molecule has 126 valence electrons. The molecule has 24 heavy (non-hydrogen) atoms. The standard InChI is InChI=1S/C19H23N3O2/c1-13(22-10-4-7-16(12-22)18(20)23)19(24)21-17-9-8-14-5-2-3-6-15(14)11-17/h2-3,5-6,8-9,11,13,16H,4,7,10,12H2,1H3,(H2,20,23)(H,21,24)/t13-,16+/m1/s1. The van der Waals surface area contributed by atoms with E-state index in [0.717, 1.165) is 35.8 Å². The van der Waals surface area contributed by atoms with E-state index in [4.69, 9.17) is 5.73 Å². The summed E-state index contributed by atoms with van der Waals surface area (Å²) < 4.78 is 0. The van der Waals surface area contributed by atoms with Crippen molar-refractivity contribution in [1.82, 2.24) is 4.90 Å². The third-order valence-corrected chi connectivity index (χ3v) is 4.80. The van der Waals surface area contributed by atoms with Crippen molar-refractivity contribution in [2.75, 3.05) is 18.4 Å². The molecule has 0 aromatic heterocycles. The lowest BCUT2D eigenvalue weighted by molar-refractivity contribution is -0.127. The van der Waals surface area contributed by atoms with Crippen LogP contribution in [0.5, 0.6) is 0 Å². The Hall–Kier alpha value is -2.40. The Morgan fingerprint density at radius 3 is 2.71 bits per heavy atom. The number of rotatable bonds is 4. The Bertz CT molecular complexity index is 759. The number of primary amides is 1. The van der Waals surface area contributed by atoms with Gasteiger partial charge in [0.05, 0.1) is 12.0 Å². The summed E-state index contributed by atoms with van der Waals surface area (Å²) in [5, 5.41) is 5.21. The number of hydrogen-bond acceptors (Lipinski definition) is 3. The maximum atomic E-state index is 12.6. The first-order chi connectivity index (χ1) is 11.5. The molecule has 3 N–H and O–H groups in total. The molecule has 0 spiro atoms. The topological polar surface area (TPSA) is 75.4 Å². The first-order valence-corrected chi connectivity index (χ1v) is 8.37. The Morgan fingerprint density at radius 1 is 1.21 bits per heavy atom. The van der Waals surface area contributed by atoms with Crippen molar-refractivity contribution in [3.8, 4) is 0 Å². The van der Waals surface area contributed by atoms with Crippen LogP contribution < -0.4 is 11.1 Å². The van der Waals surface area contributed by atoms with E-state index in [1.54, 1.807) is 0 Å². The third-order valence-electron chi connectivity index (χ3n) is 4.80. The van der Waals surface area contributed by atoms with Crippen LogP contribution in [-0.2, 0) is 9.59 Å². The van der Waals surface area contributed by atoms with Crippen molar-refractivity contribution >= 4 is 28.3 Å². The zero-order valence-electron chi connectivity index (χ0n) is 13.9. The highest BCUT2D eigenvalue weighted by atomic mass is 16.2. The number of amides is 2. The van der Waals surface area contributed by atoms with Crippen molar-refractivity contribution in [3.05, 3.63) is 42.5 Å². The van der Waals surface area contributed by atoms with Crippen molar-refractivity contribution in [3.63, 3.8) is 0 Å². The van der Waals surface area contributed by atoms with Crippen LogP contribution in [-0.4, -0.2) is 35.8 Å². The van der Waals surface area contributed by atoms with Crippen LogP contribution in [0.2, 0.25) is 0 Å². The van der Waals surface area contributed by atoms with Crippen molar-refractivity contribution in [1.29, 1.82) is 0 Å². The fourth-order valence-corrected chi connectivity index (χ4v) is 3.27. The number of nitrogens with one attached hydrogen (secondary N) is 1. The molecule has 3 rings (SSSR count). The molecular weight excluding hydrogens is 302 g/mol. The molecule has 1 heterocycles. The van der Waals surface area contributed by atoms with Crippen molar-refractivity contribution in [2.45, 2.75) is 25.8 Å². The van der Waals surface area contributed by atoms with Gasteiger partial charge in [-0.1, -0.05) is 30.3 Å². The molecule has 0 saturated carbocycles. The predicted octanol–water partition coefficient (Wildman–Crippen LogP) is 2.36. The number of nitrogens with zero attached hydrogens (tertiary/aromatic N) is 1. The highest BCUT2D eigenvalue weighted by Gasteiger charge is 2.29. The van der Waals surface area contributed by atoms with Crippen LogP contribution >= 0.6 is 0 Å². The number of likely N-dealkylation sites (tertiary alicyclic amines) is 1. The van der Waals surface area contributed by atoms with Gasteiger partial charge in [-0.15, -0.1) is 0 Å². The normalized spacial score (nSPS) is 19.8. The Morgan fingerprint density at radius 2 is 1.96 bits per heavy atom. The molecule has 2 amide bonds. The molecule has 5 nitrogen and oxygen atoms in total. The largest absolute Gasteiger partial charge is 0.369 e. The van der Waals surface area contributed by atoms with E-state index in [1.807, 2.05) is 54.3 Å². The number of carbonyl (C=O) groups excluding carboxylic acids is 2. The second kappa shape index (κ2) is 7.01. The number of carbonyl (C=O) groups is 2. The van der Waals surface area contributed by atoms with Gasteiger partial charge in [-0.05, 0) is 49.2 Å².